The highest BCUT2D eigenvalue weighted by Gasteiger charge is 2.38. The fourth-order valence-corrected chi connectivity index (χ4v) is 2.96. The third-order valence-corrected chi connectivity index (χ3v) is 3.96. The average molecular weight is 325 g/mol. The molecule has 122 valence electrons. The number of allylic oxidation sites excluding steroid dienone is 1. The van der Waals surface area contributed by atoms with Gasteiger partial charge < -0.3 is 10.5 Å². The molecule has 8 heteroatoms. The summed E-state index contributed by atoms with van der Waals surface area (Å²) in [6, 6.07) is 8.36. The molecule has 2 aromatic rings. The minimum absolute atomic E-state index is 0.0699. The lowest BCUT2D eigenvalue weighted by atomic mass is 9.82. The van der Waals surface area contributed by atoms with E-state index in [0.29, 0.717) is 17.5 Å². The number of nitro benzene ring substituents is 1. The van der Waals surface area contributed by atoms with Gasteiger partial charge in [-0.3, -0.25) is 15.2 Å². The number of aromatic nitrogens is 2. The van der Waals surface area contributed by atoms with Crippen LogP contribution in [0.2, 0.25) is 0 Å². The molecule has 0 fully saturated rings. The number of rotatable bonds is 4. The molecule has 0 aliphatic carbocycles. The molecule has 1 aromatic carbocycles. The second-order valence-electron chi connectivity index (χ2n) is 5.41. The van der Waals surface area contributed by atoms with Gasteiger partial charge in [0.15, 0.2) is 0 Å². The maximum atomic E-state index is 11.4. The van der Waals surface area contributed by atoms with Gasteiger partial charge >= 0.3 is 0 Å². The number of nitro groups is 1. The van der Waals surface area contributed by atoms with Crippen LogP contribution in [0.3, 0.4) is 0 Å². The smallest absolute Gasteiger partial charge is 0.273 e. The number of para-hydroxylation sites is 1. The summed E-state index contributed by atoms with van der Waals surface area (Å²) in [5.74, 6) is -0.499. The number of nitrogens with two attached hydrogens (primary N) is 1. The summed E-state index contributed by atoms with van der Waals surface area (Å²) in [5.41, 5.74) is 7.75. The van der Waals surface area contributed by atoms with E-state index in [1.165, 1.54) is 6.07 Å². The van der Waals surface area contributed by atoms with E-state index >= 15 is 0 Å². The predicted octanol–water partition coefficient (Wildman–Crippen LogP) is 2.49. The van der Waals surface area contributed by atoms with E-state index in [1.807, 2.05) is 13.0 Å². The third kappa shape index (κ3) is 2.36. The van der Waals surface area contributed by atoms with Crippen LogP contribution in [0, 0.1) is 21.4 Å². The molecule has 24 heavy (non-hydrogen) atoms. The summed E-state index contributed by atoms with van der Waals surface area (Å²) in [7, 11) is 0. The highest BCUT2D eigenvalue weighted by molar-refractivity contribution is 5.59. The number of benzene rings is 1. The highest BCUT2D eigenvalue weighted by atomic mass is 16.6. The SMILES string of the molecule is CCCc1[nH]nc2c1[C@@H](c1ccccc1[N+](=O)[O-])C(C#N)=C(N)O2. The number of nitrogens with zero attached hydrogens (tertiary/aromatic N) is 3. The molecule has 1 aromatic heterocycles. The number of nitrogens with one attached hydrogen (secondary N) is 1. The molecule has 0 saturated carbocycles. The zero-order valence-corrected chi connectivity index (χ0v) is 12.9. The number of fused-ring (bicyclic) bond motifs is 1. The van der Waals surface area contributed by atoms with Crippen LogP contribution in [0.4, 0.5) is 5.69 Å². The fraction of sp³-hybridized carbons (Fsp3) is 0.250. The maximum absolute atomic E-state index is 11.4. The summed E-state index contributed by atoms with van der Waals surface area (Å²) in [6.07, 6.45) is 1.53. The Bertz CT molecular complexity index is 878. The Morgan fingerprint density at radius 2 is 2.25 bits per heavy atom. The maximum Gasteiger partial charge on any atom is 0.273 e. The van der Waals surface area contributed by atoms with Crippen molar-refractivity contribution in [2.45, 2.75) is 25.7 Å². The first kappa shape index (κ1) is 15.6. The van der Waals surface area contributed by atoms with Crippen LogP contribution < -0.4 is 10.5 Å². The van der Waals surface area contributed by atoms with Crippen molar-refractivity contribution in [1.82, 2.24) is 10.2 Å². The first-order valence-electron chi connectivity index (χ1n) is 7.46. The van der Waals surface area contributed by atoms with Gasteiger partial charge in [0.25, 0.3) is 5.69 Å². The van der Waals surface area contributed by atoms with E-state index in [-0.39, 0.29) is 23.0 Å². The van der Waals surface area contributed by atoms with E-state index < -0.39 is 10.8 Å². The molecule has 3 rings (SSSR count). The molecule has 0 saturated heterocycles. The monoisotopic (exact) mass is 325 g/mol. The van der Waals surface area contributed by atoms with Crippen LogP contribution >= 0.6 is 0 Å². The topological polar surface area (TPSA) is 131 Å². The largest absolute Gasteiger partial charge is 0.420 e. The average Bonchev–Trinajstić information content (AvgIpc) is 2.96. The van der Waals surface area contributed by atoms with E-state index in [9.17, 15) is 15.4 Å². The Morgan fingerprint density at radius 1 is 1.50 bits per heavy atom. The standard InChI is InChI=1S/C16H15N5O3/c1-2-5-11-14-13(9-6-3-4-7-12(9)21(22)23)10(8-17)15(18)24-16(14)20-19-11/h3-4,6-7,13H,2,5,18H2,1H3,(H,19,20)/t13-/m0/s1. The summed E-state index contributed by atoms with van der Waals surface area (Å²) in [4.78, 5) is 11.0. The van der Waals surface area contributed by atoms with E-state index in [2.05, 4.69) is 10.2 Å². The molecule has 0 unspecified atom stereocenters. The van der Waals surface area contributed by atoms with Crippen LogP contribution in [0.15, 0.2) is 35.7 Å². The molecular formula is C16H15N5O3. The van der Waals surface area contributed by atoms with Crippen molar-refractivity contribution in [3.8, 4) is 11.9 Å². The molecular weight excluding hydrogens is 310 g/mol. The van der Waals surface area contributed by atoms with Gasteiger partial charge in [0.1, 0.15) is 11.6 Å². The first-order valence-corrected chi connectivity index (χ1v) is 7.46. The minimum atomic E-state index is -0.680. The lowest BCUT2D eigenvalue weighted by Crippen LogP contribution is -2.21. The van der Waals surface area contributed by atoms with E-state index in [0.717, 1.165) is 12.1 Å². The van der Waals surface area contributed by atoms with Gasteiger partial charge in [0, 0.05) is 17.3 Å². The van der Waals surface area contributed by atoms with E-state index in [1.54, 1.807) is 18.2 Å². The van der Waals surface area contributed by atoms with Gasteiger partial charge in [0.05, 0.1) is 16.4 Å². The van der Waals surface area contributed by atoms with Crippen LogP contribution in [0.1, 0.15) is 36.1 Å². The molecule has 0 radical (unpaired) electrons. The van der Waals surface area contributed by atoms with Gasteiger partial charge in [0.2, 0.25) is 11.8 Å². The minimum Gasteiger partial charge on any atom is -0.420 e. The van der Waals surface area contributed by atoms with Crippen LogP contribution in [-0.2, 0) is 6.42 Å². The molecule has 0 bridgehead atoms. The zero-order valence-electron chi connectivity index (χ0n) is 12.9. The Kier molecular flexibility index (Phi) is 3.92. The van der Waals surface area contributed by atoms with Crippen molar-refractivity contribution >= 4 is 5.69 Å². The number of aryl methyl sites for hydroxylation is 1. The molecule has 1 aliphatic heterocycles. The molecule has 2 heterocycles. The van der Waals surface area contributed by atoms with Gasteiger partial charge in [-0.2, -0.15) is 5.26 Å². The summed E-state index contributed by atoms with van der Waals surface area (Å²) in [5, 5.41) is 28.0. The van der Waals surface area contributed by atoms with E-state index in [4.69, 9.17) is 10.5 Å². The fourth-order valence-electron chi connectivity index (χ4n) is 2.96. The molecule has 1 atom stereocenters. The van der Waals surface area contributed by atoms with Crippen molar-refractivity contribution in [3.05, 3.63) is 62.7 Å². The van der Waals surface area contributed by atoms with Crippen LogP contribution in [0.5, 0.6) is 5.88 Å². The number of H-pyrrole nitrogens is 1. The molecule has 8 nitrogen and oxygen atoms in total. The lowest BCUT2D eigenvalue weighted by molar-refractivity contribution is -0.385. The van der Waals surface area contributed by atoms with Crippen LogP contribution in [-0.4, -0.2) is 15.1 Å². The van der Waals surface area contributed by atoms with Crippen molar-refractivity contribution in [1.29, 1.82) is 5.26 Å². The molecule has 0 spiro atoms. The van der Waals surface area contributed by atoms with Crippen LogP contribution in [0.25, 0.3) is 0 Å². The van der Waals surface area contributed by atoms with Crippen molar-refractivity contribution < 1.29 is 9.66 Å². The molecule has 1 aliphatic rings. The third-order valence-electron chi connectivity index (χ3n) is 3.96. The highest BCUT2D eigenvalue weighted by Crippen LogP contribution is 2.45. The van der Waals surface area contributed by atoms with Gasteiger partial charge in [-0.25, -0.2) is 0 Å². The zero-order chi connectivity index (χ0) is 17.3. The van der Waals surface area contributed by atoms with Gasteiger partial charge in [-0.1, -0.05) is 31.5 Å². The second-order valence-corrected chi connectivity index (χ2v) is 5.41. The van der Waals surface area contributed by atoms with Crippen molar-refractivity contribution in [2.24, 2.45) is 5.73 Å². The Labute approximate surface area is 137 Å². The van der Waals surface area contributed by atoms with Crippen molar-refractivity contribution in [3.63, 3.8) is 0 Å². The summed E-state index contributed by atoms with van der Waals surface area (Å²) < 4.78 is 5.44. The van der Waals surface area contributed by atoms with Gasteiger partial charge in [-0.15, -0.1) is 5.10 Å². The lowest BCUT2D eigenvalue weighted by Gasteiger charge is -2.23. The van der Waals surface area contributed by atoms with Crippen molar-refractivity contribution in [2.75, 3.05) is 0 Å². The Balaban J connectivity index is 2.28. The number of nitriles is 1. The molecule has 0 amide bonds. The first-order chi connectivity index (χ1) is 11.6. The normalized spacial score (nSPS) is 16.2. The predicted molar refractivity (Wildman–Crippen MR) is 85.0 cm³/mol. The summed E-state index contributed by atoms with van der Waals surface area (Å²) in [6.45, 7) is 2.01. The number of hydrogen-bond acceptors (Lipinski definition) is 6. The quantitative estimate of drug-likeness (QED) is 0.656. The number of hydrogen-bond donors (Lipinski definition) is 2. The Hall–Kier alpha value is -3.34. The number of aromatic amines is 1. The summed E-state index contributed by atoms with van der Waals surface area (Å²) >= 11 is 0. The Morgan fingerprint density at radius 3 is 2.92 bits per heavy atom. The number of ether oxygens (including phenoxy) is 1. The van der Waals surface area contributed by atoms with Gasteiger partial charge in [-0.05, 0) is 6.42 Å². The second kappa shape index (κ2) is 6.04. The molecule has 3 N–H and O–H groups in total.